The normalized spacial score (nSPS) is 22.1. The third kappa shape index (κ3) is 1.72. The van der Waals surface area contributed by atoms with Crippen LogP contribution >= 0.6 is 0 Å². The summed E-state index contributed by atoms with van der Waals surface area (Å²) in [6.07, 6.45) is 4.31. The second-order valence-electron chi connectivity index (χ2n) is 3.38. The molecular formula is C8H16NO+. The lowest BCUT2D eigenvalue weighted by atomic mass is 10.1. The summed E-state index contributed by atoms with van der Waals surface area (Å²) in [5.41, 5.74) is 0.0369. The topological polar surface area (TPSA) is 12.2 Å². The van der Waals surface area contributed by atoms with Gasteiger partial charge >= 0.3 is 0 Å². The van der Waals surface area contributed by atoms with E-state index in [9.17, 15) is 0 Å². The van der Waals surface area contributed by atoms with Crippen LogP contribution in [0.4, 0.5) is 0 Å². The number of rotatable bonds is 2. The van der Waals surface area contributed by atoms with Gasteiger partial charge in [-0.05, 0) is 18.6 Å². The molecule has 0 aromatic heterocycles. The van der Waals surface area contributed by atoms with Gasteiger partial charge in [0, 0.05) is 6.42 Å². The molecule has 2 heteroatoms. The van der Waals surface area contributed by atoms with Crippen molar-refractivity contribution in [3.05, 3.63) is 0 Å². The average molecular weight is 142 g/mol. The summed E-state index contributed by atoms with van der Waals surface area (Å²) in [6, 6.07) is 0. The fourth-order valence-electron chi connectivity index (χ4n) is 1.07. The van der Waals surface area contributed by atoms with Gasteiger partial charge < -0.3 is 0 Å². The monoisotopic (exact) mass is 142 g/mol. The van der Waals surface area contributed by atoms with Gasteiger partial charge in [0.25, 0.3) is 0 Å². The Bertz CT molecular complexity index is 149. The minimum atomic E-state index is 0.0369. The zero-order chi connectivity index (χ0) is 7.61. The van der Waals surface area contributed by atoms with Crippen LogP contribution in [-0.2, 0) is 4.84 Å². The Morgan fingerprint density at radius 1 is 1.60 bits per heavy atom. The molecule has 0 radical (unpaired) electrons. The van der Waals surface area contributed by atoms with Gasteiger partial charge in [0.15, 0.2) is 18.4 Å². The predicted octanol–water partition coefficient (Wildman–Crippen LogP) is 1.59. The summed E-state index contributed by atoms with van der Waals surface area (Å²) in [6.45, 7) is 7.39. The molecule has 0 saturated heterocycles. The third-order valence-corrected chi connectivity index (χ3v) is 1.59. The molecule has 0 N–H and O–H groups in total. The van der Waals surface area contributed by atoms with Crippen LogP contribution in [0.3, 0.4) is 0 Å². The first-order valence-corrected chi connectivity index (χ1v) is 3.93. The predicted molar refractivity (Wildman–Crippen MR) is 41.3 cm³/mol. The van der Waals surface area contributed by atoms with Crippen molar-refractivity contribution in [1.29, 1.82) is 0 Å². The first-order chi connectivity index (χ1) is 4.64. The van der Waals surface area contributed by atoms with Crippen LogP contribution in [0.1, 0.15) is 33.6 Å². The molecule has 58 valence electrons. The van der Waals surface area contributed by atoms with Crippen LogP contribution in [0.2, 0.25) is 0 Å². The molecule has 0 aromatic rings. The summed E-state index contributed by atoms with van der Waals surface area (Å²) in [5.74, 6) is 0. The first-order valence-electron chi connectivity index (χ1n) is 3.93. The van der Waals surface area contributed by atoms with Crippen molar-refractivity contribution < 1.29 is 9.58 Å². The van der Waals surface area contributed by atoms with E-state index in [4.69, 9.17) is 4.84 Å². The smallest absolute Gasteiger partial charge is 0.196 e. The maximum Gasteiger partial charge on any atom is 0.196 e. The Morgan fingerprint density at radius 2 is 2.30 bits per heavy atom. The number of nitrogens with zero attached hydrogens (tertiary/aromatic N) is 1. The van der Waals surface area contributed by atoms with Crippen LogP contribution in [0.5, 0.6) is 0 Å². The molecule has 0 aromatic carbocycles. The maximum absolute atomic E-state index is 5.57. The van der Waals surface area contributed by atoms with Gasteiger partial charge in [-0.15, -0.1) is 0 Å². The Labute approximate surface area is 62.5 Å². The molecule has 10 heavy (non-hydrogen) atoms. The lowest BCUT2D eigenvalue weighted by Gasteiger charge is -2.10. The summed E-state index contributed by atoms with van der Waals surface area (Å²) >= 11 is 0. The Morgan fingerprint density at radius 3 is 2.70 bits per heavy atom. The minimum Gasteiger partial charge on any atom is -0.271 e. The fraction of sp³-hybridized carbons (Fsp3) is 0.875. The molecule has 0 fully saturated rings. The highest BCUT2D eigenvalue weighted by molar-refractivity contribution is 5.53. The molecule has 1 aliphatic heterocycles. The highest BCUT2D eigenvalue weighted by Crippen LogP contribution is 2.17. The van der Waals surface area contributed by atoms with E-state index in [-0.39, 0.29) is 5.60 Å². The van der Waals surface area contributed by atoms with Crippen molar-refractivity contribution in [2.24, 2.45) is 0 Å². The van der Waals surface area contributed by atoms with Crippen molar-refractivity contribution in [3.8, 4) is 0 Å². The van der Waals surface area contributed by atoms with E-state index < -0.39 is 0 Å². The highest BCUT2D eigenvalue weighted by atomic mass is 16.7. The van der Waals surface area contributed by atoms with Gasteiger partial charge in [-0.2, -0.15) is 0 Å². The summed E-state index contributed by atoms with van der Waals surface area (Å²) < 4.78 is 1.94. The van der Waals surface area contributed by atoms with Crippen LogP contribution in [0.25, 0.3) is 0 Å². The Hall–Kier alpha value is -0.530. The van der Waals surface area contributed by atoms with Crippen molar-refractivity contribution in [3.63, 3.8) is 0 Å². The van der Waals surface area contributed by atoms with Gasteiger partial charge in [-0.3, -0.25) is 4.84 Å². The van der Waals surface area contributed by atoms with Crippen LogP contribution in [0.15, 0.2) is 0 Å². The van der Waals surface area contributed by atoms with E-state index in [1.165, 1.54) is 0 Å². The van der Waals surface area contributed by atoms with Crippen molar-refractivity contribution in [2.45, 2.75) is 39.2 Å². The van der Waals surface area contributed by atoms with E-state index in [1.54, 1.807) is 0 Å². The zero-order valence-electron chi connectivity index (χ0n) is 7.05. The molecule has 0 saturated carbocycles. The standard InChI is InChI=1S/C8H16NO/c1-4-6-9-7-5-8(2,3)10-9/h7H,4-6H2,1-3H3/q+1. The fourth-order valence-corrected chi connectivity index (χ4v) is 1.07. The molecule has 1 heterocycles. The summed E-state index contributed by atoms with van der Waals surface area (Å²) in [4.78, 5) is 5.57. The Kier molecular flexibility index (Phi) is 1.97. The first kappa shape index (κ1) is 7.58. The third-order valence-electron chi connectivity index (χ3n) is 1.59. The highest BCUT2D eigenvalue weighted by Gasteiger charge is 2.32. The minimum absolute atomic E-state index is 0.0369. The molecule has 1 aliphatic rings. The molecule has 2 nitrogen and oxygen atoms in total. The van der Waals surface area contributed by atoms with Gasteiger partial charge in [0.05, 0.1) is 6.42 Å². The SMILES string of the molecule is CCC[N+]1=CCC(C)(C)O1. The van der Waals surface area contributed by atoms with Crippen LogP contribution in [-0.4, -0.2) is 23.1 Å². The zero-order valence-corrected chi connectivity index (χ0v) is 7.05. The van der Waals surface area contributed by atoms with E-state index in [0.717, 1.165) is 19.4 Å². The van der Waals surface area contributed by atoms with Crippen molar-refractivity contribution >= 4 is 6.21 Å². The number of hydrogen-bond donors (Lipinski definition) is 0. The van der Waals surface area contributed by atoms with E-state index in [0.29, 0.717) is 0 Å². The maximum atomic E-state index is 5.57. The van der Waals surface area contributed by atoms with E-state index in [1.807, 2.05) is 4.74 Å². The lowest BCUT2D eigenvalue weighted by Crippen LogP contribution is -2.22. The van der Waals surface area contributed by atoms with Crippen LogP contribution < -0.4 is 0 Å². The van der Waals surface area contributed by atoms with Gasteiger partial charge in [-0.25, -0.2) is 0 Å². The average Bonchev–Trinajstić information content (AvgIpc) is 2.12. The van der Waals surface area contributed by atoms with Crippen molar-refractivity contribution in [1.82, 2.24) is 0 Å². The van der Waals surface area contributed by atoms with Gasteiger partial charge in [0.1, 0.15) is 0 Å². The van der Waals surface area contributed by atoms with Gasteiger partial charge in [0.2, 0.25) is 0 Å². The molecule has 0 spiro atoms. The largest absolute Gasteiger partial charge is 0.271 e. The van der Waals surface area contributed by atoms with E-state index >= 15 is 0 Å². The molecule has 0 unspecified atom stereocenters. The molecular weight excluding hydrogens is 126 g/mol. The second-order valence-corrected chi connectivity index (χ2v) is 3.38. The Balaban J connectivity index is 2.39. The quantitative estimate of drug-likeness (QED) is 0.533. The van der Waals surface area contributed by atoms with E-state index in [2.05, 4.69) is 27.0 Å². The molecule has 0 amide bonds. The number of hydrogen-bond acceptors (Lipinski definition) is 1. The molecule has 1 rings (SSSR count). The summed E-state index contributed by atoms with van der Waals surface area (Å²) in [7, 11) is 0. The van der Waals surface area contributed by atoms with Crippen LogP contribution in [0, 0.1) is 0 Å². The molecule has 0 aliphatic carbocycles. The van der Waals surface area contributed by atoms with Gasteiger partial charge in [-0.1, -0.05) is 6.92 Å². The second kappa shape index (κ2) is 2.60. The van der Waals surface area contributed by atoms with Crippen molar-refractivity contribution in [2.75, 3.05) is 6.54 Å². The summed E-state index contributed by atoms with van der Waals surface area (Å²) in [5, 5.41) is 0. The molecule has 0 atom stereocenters. The molecule has 0 bridgehead atoms. The lowest BCUT2D eigenvalue weighted by molar-refractivity contribution is -0.792. The number of hydroxylamine groups is 1.